The highest BCUT2D eigenvalue weighted by atomic mass is 16.5. The fourth-order valence-corrected chi connectivity index (χ4v) is 2.95. The van der Waals surface area contributed by atoms with E-state index in [0.717, 1.165) is 30.0 Å². The summed E-state index contributed by atoms with van der Waals surface area (Å²) in [6.07, 6.45) is 1.98. The molecular formula is C26H30N2O3. The lowest BCUT2D eigenvalue weighted by atomic mass is 10.2. The van der Waals surface area contributed by atoms with Crippen LogP contribution in [0.25, 0.3) is 0 Å². The lowest BCUT2D eigenvalue weighted by Crippen LogP contribution is -2.21. The monoisotopic (exact) mass is 418 g/mol. The number of ether oxygens (including phenoxy) is 2. The Balaban J connectivity index is 1.43. The fourth-order valence-electron chi connectivity index (χ4n) is 2.95. The Bertz CT molecular complexity index is 942. The quantitative estimate of drug-likeness (QED) is 0.429. The third-order valence-corrected chi connectivity index (χ3v) is 4.84. The van der Waals surface area contributed by atoms with Gasteiger partial charge in [-0.3, -0.25) is 4.79 Å². The average Bonchev–Trinajstić information content (AvgIpc) is 2.79. The van der Waals surface area contributed by atoms with Gasteiger partial charge in [-0.2, -0.15) is 0 Å². The number of carbonyl (C=O) groups is 1. The maximum absolute atomic E-state index is 12.3. The Morgan fingerprint density at radius 1 is 0.903 bits per heavy atom. The van der Waals surface area contributed by atoms with Gasteiger partial charge in [-0.05, 0) is 55.3 Å². The smallest absolute Gasteiger partial charge is 0.243 e. The van der Waals surface area contributed by atoms with Crippen molar-refractivity contribution in [3.63, 3.8) is 0 Å². The van der Waals surface area contributed by atoms with Crippen LogP contribution >= 0.6 is 0 Å². The van der Waals surface area contributed by atoms with Gasteiger partial charge in [0.15, 0.2) is 0 Å². The number of rotatable bonds is 11. The second-order valence-electron chi connectivity index (χ2n) is 7.37. The molecule has 1 unspecified atom stereocenters. The molecule has 0 bridgehead atoms. The van der Waals surface area contributed by atoms with Crippen LogP contribution in [0, 0.1) is 0 Å². The van der Waals surface area contributed by atoms with Crippen molar-refractivity contribution in [1.29, 1.82) is 0 Å². The van der Waals surface area contributed by atoms with Crippen LogP contribution < -0.4 is 20.1 Å². The molecule has 0 aromatic heterocycles. The Hall–Kier alpha value is -3.47. The van der Waals surface area contributed by atoms with Crippen LogP contribution in [-0.4, -0.2) is 25.2 Å². The van der Waals surface area contributed by atoms with Crippen LogP contribution in [0.2, 0.25) is 0 Å². The molecule has 3 aromatic rings. The predicted molar refractivity (Wildman–Crippen MR) is 126 cm³/mol. The predicted octanol–water partition coefficient (Wildman–Crippen LogP) is 5.54. The van der Waals surface area contributed by atoms with Crippen molar-refractivity contribution in [2.24, 2.45) is 0 Å². The molecule has 0 aliphatic carbocycles. The minimum atomic E-state index is -0.124. The van der Waals surface area contributed by atoms with Gasteiger partial charge >= 0.3 is 0 Å². The zero-order valence-electron chi connectivity index (χ0n) is 18.1. The first-order valence-electron chi connectivity index (χ1n) is 10.7. The molecule has 0 spiro atoms. The number of carbonyl (C=O) groups excluding carboxylic acids is 1. The van der Waals surface area contributed by atoms with E-state index in [0.29, 0.717) is 12.3 Å². The van der Waals surface area contributed by atoms with Gasteiger partial charge in [0.25, 0.3) is 0 Å². The number of benzene rings is 3. The molecule has 2 N–H and O–H groups in total. The summed E-state index contributed by atoms with van der Waals surface area (Å²) >= 11 is 0. The Morgan fingerprint density at radius 3 is 2.42 bits per heavy atom. The van der Waals surface area contributed by atoms with E-state index in [-0.39, 0.29) is 18.6 Å². The highest BCUT2D eigenvalue weighted by Crippen LogP contribution is 2.19. The van der Waals surface area contributed by atoms with Crippen molar-refractivity contribution >= 4 is 17.3 Å². The molecule has 31 heavy (non-hydrogen) atoms. The topological polar surface area (TPSA) is 59.6 Å². The van der Waals surface area contributed by atoms with Gasteiger partial charge in [-0.15, -0.1) is 0 Å². The Morgan fingerprint density at radius 2 is 1.68 bits per heavy atom. The number of amides is 1. The maximum atomic E-state index is 12.3. The van der Waals surface area contributed by atoms with E-state index < -0.39 is 0 Å². The average molecular weight is 419 g/mol. The zero-order chi connectivity index (χ0) is 21.9. The minimum Gasteiger partial charge on any atom is -0.493 e. The normalized spacial score (nSPS) is 11.4. The van der Waals surface area contributed by atoms with Crippen molar-refractivity contribution in [1.82, 2.24) is 0 Å². The summed E-state index contributed by atoms with van der Waals surface area (Å²) in [5, 5.41) is 6.03. The zero-order valence-corrected chi connectivity index (χ0v) is 18.1. The second-order valence-corrected chi connectivity index (χ2v) is 7.37. The summed E-state index contributed by atoms with van der Waals surface area (Å²) in [5.74, 6) is 1.44. The second kappa shape index (κ2) is 11.6. The summed E-state index contributed by atoms with van der Waals surface area (Å²) in [5.41, 5.74) is 2.81. The molecule has 1 amide bonds. The summed E-state index contributed by atoms with van der Waals surface area (Å²) in [7, 11) is 0. The molecule has 0 radical (unpaired) electrons. The minimum absolute atomic E-state index is 0.124. The molecule has 5 nitrogen and oxygen atoms in total. The van der Waals surface area contributed by atoms with Gasteiger partial charge in [0.05, 0.1) is 19.3 Å². The molecular weight excluding hydrogens is 388 g/mol. The van der Waals surface area contributed by atoms with Gasteiger partial charge in [-0.25, -0.2) is 0 Å². The first-order chi connectivity index (χ1) is 15.1. The van der Waals surface area contributed by atoms with Crippen molar-refractivity contribution in [3.8, 4) is 11.5 Å². The number of anilines is 2. The molecule has 5 heteroatoms. The van der Waals surface area contributed by atoms with Crippen LogP contribution in [0.5, 0.6) is 11.5 Å². The van der Waals surface area contributed by atoms with E-state index in [1.54, 1.807) is 0 Å². The standard InChI is InChI=1S/C26H30N2O3/c1-3-20(2)31-24-14-12-22(13-15-24)27-19-26(29)28-23-10-7-11-25(18-23)30-17-16-21-8-5-4-6-9-21/h4-15,18,20,27H,3,16-17,19H2,1-2H3,(H,28,29). The van der Waals surface area contributed by atoms with Gasteiger partial charge in [0.2, 0.25) is 5.91 Å². The first-order valence-corrected chi connectivity index (χ1v) is 10.7. The molecule has 3 aromatic carbocycles. The Labute approximate surface area is 184 Å². The lowest BCUT2D eigenvalue weighted by molar-refractivity contribution is -0.114. The molecule has 0 aliphatic rings. The van der Waals surface area contributed by atoms with E-state index in [1.807, 2.05) is 73.7 Å². The van der Waals surface area contributed by atoms with Crippen LogP contribution in [-0.2, 0) is 11.2 Å². The summed E-state index contributed by atoms with van der Waals surface area (Å²) in [4.78, 5) is 12.3. The summed E-state index contributed by atoms with van der Waals surface area (Å²) in [6.45, 7) is 4.88. The lowest BCUT2D eigenvalue weighted by Gasteiger charge is -2.13. The van der Waals surface area contributed by atoms with Crippen LogP contribution in [0.4, 0.5) is 11.4 Å². The van der Waals surface area contributed by atoms with Crippen molar-refractivity contribution in [2.75, 3.05) is 23.8 Å². The van der Waals surface area contributed by atoms with E-state index in [4.69, 9.17) is 9.47 Å². The third kappa shape index (κ3) is 7.70. The highest BCUT2D eigenvalue weighted by Gasteiger charge is 2.05. The SMILES string of the molecule is CCC(C)Oc1ccc(NCC(=O)Nc2cccc(OCCc3ccccc3)c2)cc1. The molecule has 162 valence electrons. The number of hydrogen-bond acceptors (Lipinski definition) is 4. The van der Waals surface area contributed by atoms with Crippen LogP contribution in [0.1, 0.15) is 25.8 Å². The Kier molecular flexibility index (Phi) is 8.35. The van der Waals surface area contributed by atoms with Gasteiger partial charge in [0.1, 0.15) is 11.5 Å². The highest BCUT2D eigenvalue weighted by molar-refractivity contribution is 5.93. The summed E-state index contributed by atoms with van der Waals surface area (Å²) in [6, 6.07) is 25.3. The van der Waals surface area contributed by atoms with Gasteiger partial charge < -0.3 is 20.1 Å². The fraction of sp³-hybridized carbons (Fsp3) is 0.269. The van der Waals surface area contributed by atoms with E-state index >= 15 is 0 Å². The molecule has 0 fully saturated rings. The number of hydrogen-bond donors (Lipinski definition) is 2. The number of nitrogens with one attached hydrogen (secondary N) is 2. The molecule has 1 atom stereocenters. The molecule has 0 aliphatic heterocycles. The maximum Gasteiger partial charge on any atom is 0.243 e. The first kappa shape index (κ1) is 22.2. The van der Waals surface area contributed by atoms with E-state index in [1.165, 1.54) is 5.56 Å². The molecule has 0 saturated carbocycles. The summed E-state index contributed by atoms with van der Waals surface area (Å²) < 4.78 is 11.6. The largest absolute Gasteiger partial charge is 0.493 e. The molecule has 0 heterocycles. The van der Waals surface area contributed by atoms with E-state index in [2.05, 4.69) is 29.7 Å². The third-order valence-electron chi connectivity index (χ3n) is 4.84. The van der Waals surface area contributed by atoms with E-state index in [9.17, 15) is 4.79 Å². The van der Waals surface area contributed by atoms with Crippen molar-refractivity contribution in [2.45, 2.75) is 32.8 Å². The molecule has 0 saturated heterocycles. The van der Waals surface area contributed by atoms with Gasteiger partial charge in [0, 0.05) is 23.9 Å². The van der Waals surface area contributed by atoms with Gasteiger partial charge in [-0.1, -0.05) is 43.3 Å². The van der Waals surface area contributed by atoms with Crippen LogP contribution in [0.3, 0.4) is 0 Å². The van der Waals surface area contributed by atoms with Crippen molar-refractivity contribution < 1.29 is 14.3 Å². The molecule has 3 rings (SSSR count). The van der Waals surface area contributed by atoms with Crippen LogP contribution in [0.15, 0.2) is 78.9 Å². The van der Waals surface area contributed by atoms with Crippen molar-refractivity contribution in [3.05, 3.63) is 84.4 Å².